The zero-order chi connectivity index (χ0) is 18.2. The Labute approximate surface area is 151 Å². The molecule has 0 spiro atoms. The quantitative estimate of drug-likeness (QED) is 0.686. The van der Waals surface area contributed by atoms with Gasteiger partial charge >= 0.3 is 6.03 Å². The molecule has 0 unspecified atom stereocenters. The summed E-state index contributed by atoms with van der Waals surface area (Å²) >= 11 is 0. The maximum Gasteiger partial charge on any atom is 0.315 e. The van der Waals surface area contributed by atoms with Crippen LogP contribution in [0.5, 0.6) is 0 Å². The maximum absolute atomic E-state index is 13.5. The fourth-order valence-electron chi connectivity index (χ4n) is 2.70. The van der Waals surface area contributed by atoms with E-state index in [1.54, 1.807) is 24.4 Å². The predicted molar refractivity (Wildman–Crippen MR) is 98.1 cm³/mol. The van der Waals surface area contributed by atoms with E-state index < -0.39 is 0 Å². The van der Waals surface area contributed by atoms with Crippen LogP contribution in [0.1, 0.15) is 16.7 Å². The minimum Gasteiger partial charge on any atom is -0.338 e. The normalized spacial score (nSPS) is 10.5. The molecule has 0 fully saturated rings. The number of amides is 2. The highest BCUT2D eigenvalue weighted by atomic mass is 19.1. The summed E-state index contributed by atoms with van der Waals surface area (Å²) in [7, 11) is 0. The number of halogens is 1. The first-order valence-electron chi connectivity index (χ1n) is 8.51. The Balaban J connectivity index is 1.48. The first kappa shape index (κ1) is 17.7. The Kier molecular flexibility index (Phi) is 5.98. The first-order chi connectivity index (χ1) is 12.7. The van der Waals surface area contributed by atoms with Crippen LogP contribution in [0.15, 0.2) is 67.0 Å². The first-order valence-corrected chi connectivity index (χ1v) is 8.51. The summed E-state index contributed by atoms with van der Waals surface area (Å²) in [5.74, 6) is -0.248. The van der Waals surface area contributed by atoms with Gasteiger partial charge in [-0.15, -0.1) is 0 Å². The van der Waals surface area contributed by atoms with Crippen molar-refractivity contribution in [2.45, 2.75) is 19.5 Å². The molecule has 0 radical (unpaired) electrons. The van der Waals surface area contributed by atoms with E-state index in [0.29, 0.717) is 31.6 Å². The van der Waals surface area contributed by atoms with E-state index in [4.69, 9.17) is 0 Å². The minimum absolute atomic E-state index is 0.248. The Morgan fingerprint density at radius 3 is 2.42 bits per heavy atom. The third-order valence-corrected chi connectivity index (χ3v) is 4.09. The van der Waals surface area contributed by atoms with Gasteiger partial charge < -0.3 is 10.6 Å². The van der Waals surface area contributed by atoms with Crippen LogP contribution >= 0.6 is 0 Å². The number of rotatable bonds is 7. The second kappa shape index (κ2) is 8.80. The van der Waals surface area contributed by atoms with Gasteiger partial charge in [-0.05, 0) is 35.2 Å². The highest BCUT2D eigenvalue weighted by Gasteiger charge is 2.06. The molecule has 6 heteroatoms. The zero-order valence-corrected chi connectivity index (χ0v) is 14.4. The van der Waals surface area contributed by atoms with Crippen molar-refractivity contribution in [1.82, 2.24) is 20.4 Å². The molecular weight excluding hydrogens is 331 g/mol. The van der Waals surface area contributed by atoms with Gasteiger partial charge in [-0.2, -0.15) is 5.10 Å². The van der Waals surface area contributed by atoms with Crippen LogP contribution in [0.3, 0.4) is 0 Å². The van der Waals surface area contributed by atoms with Crippen molar-refractivity contribution >= 4 is 6.03 Å². The monoisotopic (exact) mass is 352 g/mol. The van der Waals surface area contributed by atoms with Crippen molar-refractivity contribution in [3.63, 3.8) is 0 Å². The summed E-state index contributed by atoms with van der Waals surface area (Å²) in [5, 5.41) is 9.82. The summed E-state index contributed by atoms with van der Waals surface area (Å²) in [6.07, 6.45) is 4.10. The van der Waals surface area contributed by atoms with E-state index in [-0.39, 0.29) is 11.8 Å². The molecule has 2 N–H and O–H groups in total. The highest BCUT2D eigenvalue weighted by molar-refractivity contribution is 5.73. The lowest BCUT2D eigenvalue weighted by molar-refractivity contribution is 0.240. The standard InChI is InChI=1S/C20H21FN4O/c21-19-9-4-3-6-16(19)10-12-22-20(26)23-14-17-7-1-2-8-18(17)15-25-13-5-11-24-25/h1-9,11,13H,10,12,14-15H2,(H2,22,23,26). The molecule has 0 atom stereocenters. The Morgan fingerprint density at radius 1 is 0.962 bits per heavy atom. The molecule has 3 aromatic rings. The minimum atomic E-state index is -0.268. The van der Waals surface area contributed by atoms with Gasteiger partial charge in [0.05, 0.1) is 6.54 Å². The van der Waals surface area contributed by atoms with Gasteiger partial charge in [-0.25, -0.2) is 9.18 Å². The van der Waals surface area contributed by atoms with Gasteiger partial charge in [0.25, 0.3) is 0 Å². The smallest absolute Gasteiger partial charge is 0.315 e. The van der Waals surface area contributed by atoms with Crippen LogP contribution in [0, 0.1) is 5.82 Å². The van der Waals surface area contributed by atoms with Crippen LogP contribution in [0.4, 0.5) is 9.18 Å². The molecule has 0 bridgehead atoms. The van der Waals surface area contributed by atoms with Crippen LogP contribution in [-0.2, 0) is 19.5 Å². The molecule has 0 saturated heterocycles. The molecule has 1 heterocycles. The number of carbonyl (C=O) groups is 1. The number of aromatic nitrogens is 2. The zero-order valence-electron chi connectivity index (χ0n) is 14.4. The lowest BCUT2D eigenvalue weighted by Crippen LogP contribution is -2.36. The Morgan fingerprint density at radius 2 is 1.69 bits per heavy atom. The van der Waals surface area contributed by atoms with Crippen LogP contribution in [0.25, 0.3) is 0 Å². The lowest BCUT2D eigenvalue weighted by Gasteiger charge is -2.12. The largest absolute Gasteiger partial charge is 0.338 e. The summed E-state index contributed by atoms with van der Waals surface area (Å²) < 4.78 is 15.4. The van der Waals surface area contributed by atoms with E-state index >= 15 is 0 Å². The van der Waals surface area contributed by atoms with E-state index in [1.165, 1.54) is 6.07 Å². The van der Waals surface area contributed by atoms with Crippen LogP contribution in [-0.4, -0.2) is 22.4 Å². The molecule has 0 aliphatic rings. The number of nitrogens with zero attached hydrogens (tertiary/aromatic N) is 2. The maximum atomic E-state index is 13.5. The molecule has 0 aliphatic heterocycles. The molecule has 0 aliphatic carbocycles. The van der Waals surface area contributed by atoms with E-state index in [0.717, 1.165) is 11.1 Å². The van der Waals surface area contributed by atoms with Crippen molar-refractivity contribution in [3.8, 4) is 0 Å². The third-order valence-electron chi connectivity index (χ3n) is 4.09. The van der Waals surface area contributed by atoms with Crippen molar-refractivity contribution in [2.75, 3.05) is 6.54 Å². The van der Waals surface area contributed by atoms with Crippen molar-refractivity contribution in [1.29, 1.82) is 0 Å². The predicted octanol–water partition coefficient (Wildman–Crippen LogP) is 3.11. The van der Waals surface area contributed by atoms with E-state index in [9.17, 15) is 9.18 Å². The third kappa shape index (κ3) is 4.92. The summed E-state index contributed by atoms with van der Waals surface area (Å²) in [6, 6.07) is 16.1. The van der Waals surface area contributed by atoms with Crippen LogP contribution in [0.2, 0.25) is 0 Å². The molecular formula is C20H21FN4O. The summed E-state index contributed by atoms with van der Waals surface area (Å²) in [4.78, 5) is 12.0. The second-order valence-electron chi connectivity index (χ2n) is 5.92. The van der Waals surface area contributed by atoms with E-state index in [2.05, 4.69) is 15.7 Å². The molecule has 2 amide bonds. The Hall–Kier alpha value is -3.15. The molecule has 5 nitrogen and oxygen atoms in total. The number of nitrogens with one attached hydrogen (secondary N) is 2. The summed E-state index contributed by atoms with van der Waals surface area (Å²) in [6.45, 7) is 1.45. The van der Waals surface area contributed by atoms with Crippen molar-refractivity contribution < 1.29 is 9.18 Å². The fraction of sp³-hybridized carbons (Fsp3) is 0.200. The van der Waals surface area contributed by atoms with Gasteiger partial charge in [-0.3, -0.25) is 4.68 Å². The van der Waals surface area contributed by atoms with Gasteiger partial charge in [-0.1, -0.05) is 42.5 Å². The van der Waals surface area contributed by atoms with Gasteiger partial charge in [0.1, 0.15) is 5.82 Å². The number of urea groups is 1. The highest BCUT2D eigenvalue weighted by Crippen LogP contribution is 2.10. The fourth-order valence-corrected chi connectivity index (χ4v) is 2.70. The molecule has 3 rings (SSSR count). The Bertz CT molecular complexity index is 849. The second-order valence-corrected chi connectivity index (χ2v) is 5.92. The van der Waals surface area contributed by atoms with Gasteiger partial charge in [0.2, 0.25) is 0 Å². The van der Waals surface area contributed by atoms with Crippen molar-refractivity contribution in [2.24, 2.45) is 0 Å². The molecule has 0 saturated carbocycles. The molecule has 26 heavy (non-hydrogen) atoms. The van der Waals surface area contributed by atoms with Gasteiger partial charge in [0, 0.05) is 25.5 Å². The SMILES string of the molecule is O=C(NCCc1ccccc1F)NCc1ccccc1Cn1cccn1. The number of benzene rings is 2. The summed E-state index contributed by atoms with van der Waals surface area (Å²) in [5.41, 5.74) is 2.73. The molecule has 1 aromatic heterocycles. The number of hydrogen-bond donors (Lipinski definition) is 2. The topological polar surface area (TPSA) is 59.0 Å². The lowest BCUT2D eigenvalue weighted by atomic mass is 10.1. The number of carbonyl (C=O) groups excluding carboxylic acids is 1. The molecule has 2 aromatic carbocycles. The van der Waals surface area contributed by atoms with E-state index in [1.807, 2.05) is 41.2 Å². The van der Waals surface area contributed by atoms with Gasteiger partial charge in [0.15, 0.2) is 0 Å². The average molecular weight is 352 g/mol. The average Bonchev–Trinajstić information content (AvgIpc) is 3.16. The number of hydrogen-bond acceptors (Lipinski definition) is 2. The molecule has 134 valence electrons. The van der Waals surface area contributed by atoms with Crippen molar-refractivity contribution in [3.05, 3.63) is 89.5 Å². The van der Waals surface area contributed by atoms with Crippen LogP contribution < -0.4 is 10.6 Å².